The molecule has 0 bridgehead atoms. The summed E-state index contributed by atoms with van der Waals surface area (Å²) in [6, 6.07) is 0. The number of amides is 1. The Kier molecular flexibility index (Phi) is 3.25. The van der Waals surface area contributed by atoms with Crippen LogP contribution < -0.4 is 5.32 Å². The molecule has 6 heteroatoms. The molecule has 15 heavy (non-hydrogen) atoms. The normalized spacial score (nSPS) is 26.2. The van der Waals surface area contributed by atoms with Crippen LogP contribution in [-0.2, 0) is 4.79 Å². The van der Waals surface area contributed by atoms with Crippen molar-refractivity contribution in [3.63, 3.8) is 0 Å². The number of aromatic nitrogens is 2. The molecule has 1 heterocycles. The minimum absolute atomic E-state index is 0.130. The van der Waals surface area contributed by atoms with E-state index in [4.69, 9.17) is 0 Å². The lowest BCUT2D eigenvalue weighted by atomic mass is 9.87. The van der Waals surface area contributed by atoms with Gasteiger partial charge in [0.2, 0.25) is 11.0 Å². The second-order valence-electron chi connectivity index (χ2n) is 3.69. The number of nitrogens with zero attached hydrogens (tertiary/aromatic N) is 2. The third kappa shape index (κ3) is 2.71. The summed E-state index contributed by atoms with van der Waals surface area (Å²) in [6.45, 7) is 0. The number of anilines is 1. The van der Waals surface area contributed by atoms with Crippen LogP contribution in [0.15, 0.2) is 5.51 Å². The van der Waals surface area contributed by atoms with E-state index < -0.39 is 6.17 Å². The zero-order chi connectivity index (χ0) is 10.7. The van der Waals surface area contributed by atoms with E-state index in [0.29, 0.717) is 18.0 Å². The Morgan fingerprint density at radius 3 is 3.13 bits per heavy atom. The number of hydrogen-bond acceptors (Lipinski definition) is 4. The van der Waals surface area contributed by atoms with Gasteiger partial charge >= 0.3 is 0 Å². The summed E-state index contributed by atoms with van der Waals surface area (Å²) in [5.74, 6) is -0.341. The summed E-state index contributed by atoms with van der Waals surface area (Å²) < 4.78 is 13.1. The van der Waals surface area contributed by atoms with Crippen molar-refractivity contribution in [3.8, 4) is 0 Å². The molecule has 0 unspecified atom stereocenters. The van der Waals surface area contributed by atoms with Gasteiger partial charge in [0.25, 0.3) is 0 Å². The van der Waals surface area contributed by atoms with Gasteiger partial charge in [0, 0.05) is 5.92 Å². The number of nitrogens with one attached hydrogen (secondary N) is 1. The lowest BCUT2D eigenvalue weighted by Gasteiger charge is -2.22. The maximum absolute atomic E-state index is 13.1. The molecular weight excluding hydrogens is 217 g/mol. The van der Waals surface area contributed by atoms with E-state index >= 15 is 0 Å². The molecule has 1 aromatic rings. The summed E-state index contributed by atoms with van der Waals surface area (Å²) in [5.41, 5.74) is 1.55. The van der Waals surface area contributed by atoms with Gasteiger partial charge in [-0.15, -0.1) is 10.2 Å². The van der Waals surface area contributed by atoms with Crippen LogP contribution in [0.25, 0.3) is 0 Å². The first-order valence-corrected chi connectivity index (χ1v) is 5.85. The van der Waals surface area contributed by atoms with Crippen LogP contribution in [0.4, 0.5) is 9.52 Å². The average Bonchev–Trinajstić information content (AvgIpc) is 2.70. The topological polar surface area (TPSA) is 54.9 Å². The zero-order valence-electron chi connectivity index (χ0n) is 8.15. The molecule has 1 fully saturated rings. The molecule has 1 aliphatic rings. The lowest BCUT2D eigenvalue weighted by molar-refractivity contribution is -0.121. The molecule has 2 atom stereocenters. The Morgan fingerprint density at radius 2 is 2.47 bits per heavy atom. The summed E-state index contributed by atoms with van der Waals surface area (Å²) in [4.78, 5) is 11.7. The van der Waals surface area contributed by atoms with E-state index in [-0.39, 0.29) is 11.8 Å². The van der Waals surface area contributed by atoms with Crippen molar-refractivity contribution >= 4 is 22.4 Å². The van der Waals surface area contributed by atoms with Gasteiger partial charge in [0.1, 0.15) is 11.7 Å². The Balaban J connectivity index is 1.90. The molecule has 1 saturated carbocycles. The first kappa shape index (κ1) is 10.5. The third-order valence-corrected chi connectivity index (χ3v) is 3.18. The van der Waals surface area contributed by atoms with E-state index in [2.05, 4.69) is 15.5 Å². The van der Waals surface area contributed by atoms with Gasteiger partial charge in [-0.3, -0.25) is 4.79 Å². The Labute approximate surface area is 90.9 Å². The maximum Gasteiger partial charge on any atom is 0.229 e. The third-order valence-electron chi connectivity index (χ3n) is 2.57. The molecule has 1 N–H and O–H groups in total. The van der Waals surface area contributed by atoms with Crippen LogP contribution in [-0.4, -0.2) is 22.3 Å². The van der Waals surface area contributed by atoms with Gasteiger partial charge in [0.05, 0.1) is 0 Å². The van der Waals surface area contributed by atoms with Gasteiger partial charge in [-0.1, -0.05) is 11.3 Å². The second kappa shape index (κ2) is 4.65. The predicted molar refractivity (Wildman–Crippen MR) is 55.4 cm³/mol. The van der Waals surface area contributed by atoms with Crippen LogP contribution in [0, 0.1) is 5.92 Å². The number of carbonyl (C=O) groups is 1. The molecule has 0 spiro atoms. The summed E-state index contributed by atoms with van der Waals surface area (Å²) in [5, 5.41) is 10.5. The highest BCUT2D eigenvalue weighted by atomic mass is 32.1. The van der Waals surface area contributed by atoms with Gasteiger partial charge in [-0.05, 0) is 25.7 Å². The van der Waals surface area contributed by atoms with Crippen LogP contribution in [0.3, 0.4) is 0 Å². The standard InChI is InChI=1S/C9H12FN3OS/c10-7-3-1-2-6(4-7)8(14)12-9-13-11-5-15-9/h5-7H,1-4H2,(H,12,13,14)/t6-,7+/m1/s1. The predicted octanol–water partition coefficient (Wildman–Crippen LogP) is 2.00. The van der Waals surface area contributed by atoms with Crippen molar-refractivity contribution in [2.75, 3.05) is 5.32 Å². The van der Waals surface area contributed by atoms with E-state index in [1.807, 2.05) is 0 Å². The first-order valence-electron chi connectivity index (χ1n) is 4.97. The summed E-state index contributed by atoms with van der Waals surface area (Å²) >= 11 is 1.27. The van der Waals surface area contributed by atoms with E-state index in [1.54, 1.807) is 5.51 Å². The van der Waals surface area contributed by atoms with Crippen LogP contribution >= 0.6 is 11.3 Å². The van der Waals surface area contributed by atoms with E-state index in [9.17, 15) is 9.18 Å². The first-order chi connectivity index (χ1) is 7.25. The van der Waals surface area contributed by atoms with E-state index in [1.165, 1.54) is 11.3 Å². The molecule has 4 nitrogen and oxygen atoms in total. The average molecular weight is 229 g/mol. The molecule has 1 aromatic heterocycles. The molecule has 2 rings (SSSR count). The molecule has 82 valence electrons. The van der Waals surface area contributed by atoms with Gasteiger partial charge in [-0.2, -0.15) is 0 Å². The minimum atomic E-state index is -0.830. The second-order valence-corrected chi connectivity index (χ2v) is 4.53. The fourth-order valence-corrected chi connectivity index (χ4v) is 2.25. The smallest absolute Gasteiger partial charge is 0.229 e. The molecule has 1 aliphatic carbocycles. The quantitative estimate of drug-likeness (QED) is 0.844. The van der Waals surface area contributed by atoms with Crippen molar-refractivity contribution < 1.29 is 9.18 Å². The van der Waals surface area contributed by atoms with Crippen LogP contribution in [0.5, 0.6) is 0 Å². The molecule has 0 saturated heterocycles. The number of rotatable bonds is 2. The van der Waals surface area contributed by atoms with Crippen LogP contribution in [0.1, 0.15) is 25.7 Å². The molecule has 1 amide bonds. The van der Waals surface area contributed by atoms with Crippen molar-refractivity contribution in [1.29, 1.82) is 0 Å². The zero-order valence-corrected chi connectivity index (χ0v) is 8.97. The molecule has 0 radical (unpaired) electrons. The van der Waals surface area contributed by atoms with Gasteiger partial charge < -0.3 is 5.32 Å². The highest BCUT2D eigenvalue weighted by molar-refractivity contribution is 7.13. The fourth-order valence-electron chi connectivity index (χ4n) is 1.80. The van der Waals surface area contributed by atoms with Crippen LogP contribution in [0.2, 0.25) is 0 Å². The number of alkyl halides is 1. The summed E-state index contributed by atoms with van der Waals surface area (Å²) in [6.07, 6.45) is 1.65. The number of hydrogen-bond donors (Lipinski definition) is 1. The van der Waals surface area contributed by atoms with Gasteiger partial charge in [0.15, 0.2) is 0 Å². The van der Waals surface area contributed by atoms with Crippen molar-refractivity contribution in [2.45, 2.75) is 31.9 Å². The molecular formula is C9H12FN3OS. The number of halogens is 1. The Morgan fingerprint density at radius 1 is 1.60 bits per heavy atom. The largest absolute Gasteiger partial charge is 0.300 e. The Bertz CT molecular complexity index is 330. The molecule has 0 aliphatic heterocycles. The van der Waals surface area contributed by atoms with Crippen molar-refractivity contribution in [2.24, 2.45) is 5.92 Å². The Hall–Kier alpha value is -1.04. The van der Waals surface area contributed by atoms with Crippen molar-refractivity contribution in [3.05, 3.63) is 5.51 Å². The minimum Gasteiger partial charge on any atom is -0.300 e. The highest BCUT2D eigenvalue weighted by Gasteiger charge is 2.27. The van der Waals surface area contributed by atoms with Crippen molar-refractivity contribution in [1.82, 2.24) is 10.2 Å². The SMILES string of the molecule is O=C(Nc1nncs1)[C@@H]1CCC[C@H](F)C1. The van der Waals surface area contributed by atoms with E-state index in [0.717, 1.165) is 12.8 Å². The molecule has 0 aromatic carbocycles. The van der Waals surface area contributed by atoms with Gasteiger partial charge in [-0.25, -0.2) is 4.39 Å². The monoisotopic (exact) mass is 229 g/mol. The summed E-state index contributed by atoms with van der Waals surface area (Å²) in [7, 11) is 0. The highest BCUT2D eigenvalue weighted by Crippen LogP contribution is 2.27. The maximum atomic E-state index is 13.1. The lowest BCUT2D eigenvalue weighted by Crippen LogP contribution is -2.28. The fraction of sp³-hybridized carbons (Fsp3) is 0.667. The number of carbonyl (C=O) groups excluding carboxylic acids is 1.